The summed E-state index contributed by atoms with van der Waals surface area (Å²) in [5, 5.41) is 7.65. The lowest BCUT2D eigenvalue weighted by Crippen LogP contribution is -2.43. The molecule has 2 heterocycles. The number of hydrogen-bond acceptors (Lipinski definition) is 3. The highest BCUT2D eigenvalue weighted by Crippen LogP contribution is 2.31. The van der Waals surface area contributed by atoms with E-state index >= 15 is 0 Å². The van der Waals surface area contributed by atoms with Crippen LogP contribution in [-0.2, 0) is 0 Å². The van der Waals surface area contributed by atoms with E-state index in [0.717, 1.165) is 41.5 Å². The Balaban J connectivity index is 1.64. The van der Waals surface area contributed by atoms with Gasteiger partial charge in [0.1, 0.15) is 12.4 Å². The topological polar surface area (TPSA) is 36.5 Å². The number of para-hydroxylation sites is 1. The zero-order valence-electron chi connectivity index (χ0n) is 13.1. The van der Waals surface area contributed by atoms with E-state index in [1.165, 1.54) is 0 Å². The van der Waals surface area contributed by atoms with E-state index < -0.39 is 0 Å². The van der Waals surface area contributed by atoms with Crippen LogP contribution in [0.5, 0.6) is 5.75 Å². The Morgan fingerprint density at radius 2 is 2.18 bits per heavy atom. The number of hydrogen-bond donors (Lipinski definition) is 2. The van der Waals surface area contributed by atoms with Gasteiger partial charge in [-0.2, -0.15) is 0 Å². The second-order valence-electron chi connectivity index (χ2n) is 6.11. The Hall–Kier alpha value is -1.59. The van der Waals surface area contributed by atoms with Crippen LogP contribution < -0.4 is 15.4 Å². The van der Waals surface area contributed by atoms with Crippen LogP contribution in [0.15, 0.2) is 30.5 Å². The molecule has 0 amide bonds. The molecule has 1 aromatic rings. The van der Waals surface area contributed by atoms with Crippen molar-refractivity contribution < 1.29 is 4.74 Å². The Morgan fingerprint density at radius 1 is 1.36 bits per heavy atom. The van der Waals surface area contributed by atoms with Gasteiger partial charge in [-0.05, 0) is 38.6 Å². The zero-order chi connectivity index (χ0) is 15.5. The van der Waals surface area contributed by atoms with Crippen molar-refractivity contribution in [3.05, 3.63) is 36.0 Å². The zero-order valence-corrected chi connectivity index (χ0v) is 14.0. The van der Waals surface area contributed by atoms with Gasteiger partial charge in [-0.15, -0.1) is 0 Å². The fraction of sp³-hybridized carbons (Fsp3) is 0.471. The van der Waals surface area contributed by atoms with Gasteiger partial charge in [0, 0.05) is 42.5 Å². The quantitative estimate of drug-likeness (QED) is 0.778. The van der Waals surface area contributed by atoms with Gasteiger partial charge in [0.25, 0.3) is 0 Å². The lowest BCUT2D eigenvalue weighted by atomic mass is 10.1. The molecule has 0 saturated carbocycles. The number of nitrogens with one attached hydrogen (secondary N) is 2. The number of thiocarbonyl (C=S) groups is 1. The first-order valence-corrected chi connectivity index (χ1v) is 8.27. The molecule has 0 unspecified atom stereocenters. The normalized spacial score (nSPS) is 26.3. The van der Waals surface area contributed by atoms with Gasteiger partial charge in [-0.25, -0.2) is 0 Å². The minimum absolute atomic E-state index is 0.445. The molecule has 4 nitrogen and oxygen atoms in total. The predicted molar refractivity (Wildman–Crippen MR) is 93.9 cm³/mol. The molecule has 1 fully saturated rings. The third-order valence-electron chi connectivity index (χ3n) is 4.17. The smallest absolute Gasteiger partial charge is 0.173 e. The minimum atomic E-state index is 0.445. The number of nitrogens with zero attached hydrogens (tertiary/aromatic N) is 1. The highest BCUT2D eigenvalue weighted by Gasteiger charge is 2.20. The maximum absolute atomic E-state index is 5.66. The van der Waals surface area contributed by atoms with E-state index in [-0.39, 0.29) is 0 Å². The van der Waals surface area contributed by atoms with Gasteiger partial charge in [-0.1, -0.05) is 18.2 Å². The molecule has 22 heavy (non-hydrogen) atoms. The van der Waals surface area contributed by atoms with Crippen molar-refractivity contribution in [2.24, 2.45) is 0 Å². The maximum atomic E-state index is 5.66. The highest BCUT2D eigenvalue weighted by atomic mass is 32.1. The van der Waals surface area contributed by atoms with Crippen molar-refractivity contribution in [1.82, 2.24) is 15.5 Å². The summed E-state index contributed by atoms with van der Waals surface area (Å²) in [5.74, 6) is 0.947. The van der Waals surface area contributed by atoms with Crippen LogP contribution in [-0.4, -0.2) is 41.8 Å². The molecule has 1 aromatic carbocycles. The molecule has 0 radical (unpaired) electrons. The van der Waals surface area contributed by atoms with Gasteiger partial charge in [0.15, 0.2) is 5.11 Å². The molecule has 0 aliphatic carbocycles. The van der Waals surface area contributed by atoms with Crippen LogP contribution in [0.1, 0.15) is 25.8 Å². The Bertz CT molecular complexity index is 587. The standard InChI is InChI=1S/C17H23N3OS/c1-12-7-8-20(10-13(2)19-12)17(22)18-9-14-11-21-16-6-4-3-5-15(14)16/h3-6,9,12-13,19H,7-8,10-11H2,1-2H3,(H,18,22)/b14-9-/t12-,13+/m1/s1. The highest BCUT2D eigenvalue weighted by molar-refractivity contribution is 7.80. The SMILES string of the molecule is C[C@@H]1CCN(C(=S)N/C=C2/COc3ccccc32)C[C@H](C)N1. The largest absolute Gasteiger partial charge is 0.488 e. The average molecular weight is 317 g/mol. The fourth-order valence-electron chi connectivity index (χ4n) is 3.03. The lowest BCUT2D eigenvalue weighted by Gasteiger charge is -2.25. The van der Waals surface area contributed by atoms with Crippen LogP contribution >= 0.6 is 12.2 Å². The van der Waals surface area contributed by atoms with Crippen molar-refractivity contribution in [3.8, 4) is 5.75 Å². The van der Waals surface area contributed by atoms with Gasteiger partial charge in [0.05, 0.1) is 0 Å². The molecule has 3 rings (SSSR count). The van der Waals surface area contributed by atoms with Gasteiger partial charge < -0.3 is 20.3 Å². The molecule has 2 aliphatic heterocycles. The van der Waals surface area contributed by atoms with E-state index in [9.17, 15) is 0 Å². The minimum Gasteiger partial charge on any atom is -0.488 e. The summed E-state index contributed by atoms with van der Waals surface area (Å²) in [4.78, 5) is 2.25. The van der Waals surface area contributed by atoms with Crippen LogP contribution in [0.25, 0.3) is 5.57 Å². The lowest BCUT2D eigenvalue weighted by molar-refractivity contribution is 0.388. The van der Waals surface area contributed by atoms with Crippen molar-refractivity contribution in [2.75, 3.05) is 19.7 Å². The van der Waals surface area contributed by atoms with Crippen LogP contribution in [0, 0.1) is 0 Å². The predicted octanol–water partition coefficient (Wildman–Crippen LogP) is 2.37. The molecule has 5 heteroatoms. The first-order chi connectivity index (χ1) is 10.6. The second-order valence-corrected chi connectivity index (χ2v) is 6.49. The summed E-state index contributed by atoms with van der Waals surface area (Å²) in [5.41, 5.74) is 2.30. The molecular formula is C17H23N3OS. The van der Waals surface area contributed by atoms with E-state index in [1.807, 2.05) is 24.4 Å². The number of rotatable bonds is 1. The maximum Gasteiger partial charge on any atom is 0.173 e. The first kappa shape index (κ1) is 15.3. The molecule has 0 bridgehead atoms. The van der Waals surface area contributed by atoms with Gasteiger partial charge in [0.2, 0.25) is 0 Å². The number of fused-ring (bicyclic) bond motifs is 1. The molecule has 0 spiro atoms. The number of ether oxygens (including phenoxy) is 1. The molecule has 2 aliphatic rings. The summed E-state index contributed by atoms with van der Waals surface area (Å²) in [6.07, 6.45) is 3.09. The fourth-order valence-corrected chi connectivity index (χ4v) is 3.25. The summed E-state index contributed by atoms with van der Waals surface area (Å²) in [6, 6.07) is 9.09. The molecule has 2 N–H and O–H groups in total. The Morgan fingerprint density at radius 3 is 3.05 bits per heavy atom. The third-order valence-corrected chi connectivity index (χ3v) is 4.54. The van der Waals surface area contributed by atoms with Crippen molar-refractivity contribution >= 4 is 22.9 Å². The van der Waals surface area contributed by atoms with Crippen molar-refractivity contribution in [1.29, 1.82) is 0 Å². The Kier molecular flexibility index (Phi) is 4.64. The van der Waals surface area contributed by atoms with Crippen LogP contribution in [0.3, 0.4) is 0 Å². The third kappa shape index (κ3) is 3.42. The molecule has 118 valence electrons. The molecule has 2 atom stereocenters. The summed E-state index contributed by atoms with van der Waals surface area (Å²) >= 11 is 5.56. The average Bonchev–Trinajstić information content (AvgIpc) is 2.83. The summed E-state index contributed by atoms with van der Waals surface area (Å²) in [6.45, 7) is 6.96. The van der Waals surface area contributed by atoms with Crippen molar-refractivity contribution in [2.45, 2.75) is 32.4 Å². The monoisotopic (exact) mass is 317 g/mol. The van der Waals surface area contributed by atoms with Gasteiger partial charge in [-0.3, -0.25) is 0 Å². The number of benzene rings is 1. The first-order valence-electron chi connectivity index (χ1n) is 7.86. The van der Waals surface area contributed by atoms with Crippen LogP contribution in [0.2, 0.25) is 0 Å². The summed E-state index contributed by atoms with van der Waals surface area (Å²) in [7, 11) is 0. The second kappa shape index (κ2) is 6.67. The molecule has 0 aromatic heterocycles. The molecular weight excluding hydrogens is 294 g/mol. The van der Waals surface area contributed by atoms with E-state index in [4.69, 9.17) is 17.0 Å². The van der Waals surface area contributed by atoms with E-state index in [0.29, 0.717) is 18.7 Å². The van der Waals surface area contributed by atoms with Gasteiger partial charge >= 0.3 is 0 Å². The van der Waals surface area contributed by atoms with Crippen molar-refractivity contribution in [3.63, 3.8) is 0 Å². The van der Waals surface area contributed by atoms with Crippen LogP contribution in [0.4, 0.5) is 0 Å². The molecule has 1 saturated heterocycles. The Labute approximate surface area is 137 Å². The summed E-state index contributed by atoms with van der Waals surface area (Å²) < 4.78 is 5.66. The van der Waals surface area contributed by atoms with E-state index in [2.05, 4.69) is 35.4 Å². The van der Waals surface area contributed by atoms with E-state index in [1.54, 1.807) is 0 Å².